The Morgan fingerprint density at radius 2 is 1.41 bits per heavy atom. The number of rotatable bonds is 10. The van der Waals surface area contributed by atoms with Crippen molar-refractivity contribution in [1.82, 2.24) is 10.2 Å². The van der Waals surface area contributed by atoms with Gasteiger partial charge in [-0.1, -0.05) is 27.7 Å². The van der Waals surface area contributed by atoms with Gasteiger partial charge in [0.15, 0.2) is 0 Å². The second-order valence-corrected chi connectivity index (χ2v) is 6.31. The summed E-state index contributed by atoms with van der Waals surface area (Å²) in [5, 5.41) is 3.61. The van der Waals surface area contributed by atoms with E-state index in [0.717, 1.165) is 18.4 Å². The van der Waals surface area contributed by atoms with Crippen molar-refractivity contribution in [2.75, 3.05) is 26.7 Å². The first-order chi connectivity index (χ1) is 7.91. The number of nitrogens with one attached hydrogen (secondary N) is 1. The van der Waals surface area contributed by atoms with Crippen molar-refractivity contribution in [3.63, 3.8) is 0 Å². The van der Waals surface area contributed by atoms with E-state index in [1.54, 1.807) is 0 Å². The zero-order chi connectivity index (χ0) is 13.3. The zero-order valence-electron chi connectivity index (χ0n) is 12.9. The van der Waals surface area contributed by atoms with Gasteiger partial charge in [0.2, 0.25) is 0 Å². The summed E-state index contributed by atoms with van der Waals surface area (Å²) in [5.41, 5.74) is 0. The van der Waals surface area contributed by atoms with Crippen LogP contribution in [0.1, 0.15) is 53.9 Å². The molecule has 0 amide bonds. The molecule has 1 atom stereocenters. The van der Waals surface area contributed by atoms with Crippen molar-refractivity contribution in [3.05, 3.63) is 0 Å². The minimum Gasteiger partial charge on any atom is -0.313 e. The smallest absolute Gasteiger partial charge is 0.0104 e. The number of hydrogen-bond donors (Lipinski definition) is 1. The Morgan fingerprint density at radius 1 is 0.824 bits per heavy atom. The Bertz CT molecular complexity index is 148. The Labute approximate surface area is 109 Å². The van der Waals surface area contributed by atoms with Gasteiger partial charge in [-0.05, 0) is 51.6 Å². The molecule has 1 N–H and O–H groups in total. The average molecular weight is 242 g/mol. The number of likely N-dealkylation sites (N-methyl/N-ethyl adjacent to an activating group) is 1. The number of hydrogen-bond acceptors (Lipinski definition) is 2. The van der Waals surface area contributed by atoms with Crippen molar-refractivity contribution in [1.29, 1.82) is 0 Å². The quantitative estimate of drug-likeness (QED) is 0.632. The van der Waals surface area contributed by atoms with E-state index in [1.165, 1.54) is 32.4 Å². The average Bonchev–Trinajstić information content (AvgIpc) is 2.23. The summed E-state index contributed by atoms with van der Waals surface area (Å²) in [5.74, 6) is 1.64. The van der Waals surface area contributed by atoms with Gasteiger partial charge < -0.3 is 10.2 Å². The van der Waals surface area contributed by atoms with Gasteiger partial charge in [-0.15, -0.1) is 0 Å². The molecule has 0 aliphatic rings. The van der Waals surface area contributed by atoms with Gasteiger partial charge in [0, 0.05) is 19.1 Å². The fourth-order valence-corrected chi connectivity index (χ4v) is 1.78. The highest BCUT2D eigenvalue weighted by molar-refractivity contribution is 4.64. The lowest BCUT2D eigenvalue weighted by atomic mass is 10.0. The summed E-state index contributed by atoms with van der Waals surface area (Å²) in [4.78, 5) is 2.43. The minimum absolute atomic E-state index is 0.663. The molecule has 0 aromatic rings. The third-order valence-electron chi connectivity index (χ3n) is 3.25. The van der Waals surface area contributed by atoms with Crippen LogP contribution in [0.15, 0.2) is 0 Å². The predicted molar refractivity (Wildman–Crippen MR) is 78.5 cm³/mol. The monoisotopic (exact) mass is 242 g/mol. The Balaban J connectivity index is 3.42. The largest absolute Gasteiger partial charge is 0.313 e. The lowest BCUT2D eigenvalue weighted by molar-refractivity contribution is 0.301. The van der Waals surface area contributed by atoms with Gasteiger partial charge in [-0.25, -0.2) is 0 Å². The van der Waals surface area contributed by atoms with E-state index >= 15 is 0 Å². The first-order valence-corrected chi connectivity index (χ1v) is 7.33. The fourth-order valence-electron chi connectivity index (χ4n) is 1.78. The second-order valence-electron chi connectivity index (χ2n) is 6.31. The maximum Gasteiger partial charge on any atom is 0.0104 e. The molecule has 0 aromatic heterocycles. The molecule has 0 aromatic carbocycles. The highest BCUT2D eigenvalue weighted by Crippen LogP contribution is 2.06. The molecule has 0 bridgehead atoms. The van der Waals surface area contributed by atoms with Crippen LogP contribution in [0.2, 0.25) is 0 Å². The van der Waals surface area contributed by atoms with E-state index in [4.69, 9.17) is 0 Å². The van der Waals surface area contributed by atoms with Crippen molar-refractivity contribution < 1.29 is 0 Å². The van der Waals surface area contributed by atoms with Crippen LogP contribution in [-0.2, 0) is 0 Å². The molecule has 0 spiro atoms. The van der Waals surface area contributed by atoms with Gasteiger partial charge in [0.25, 0.3) is 0 Å². The molecule has 2 nitrogen and oxygen atoms in total. The van der Waals surface area contributed by atoms with Crippen LogP contribution in [0.25, 0.3) is 0 Å². The Morgan fingerprint density at radius 3 is 1.94 bits per heavy atom. The Kier molecular flexibility index (Phi) is 9.85. The third-order valence-corrected chi connectivity index (χ3v) is 3.25. The van der Waals surface area contributed by atoms with Gasteiger partial charge >= 0.3 is 0 Å². The minimum atomic E-state index is 0.663. The van der Waals surface area contributed by atoms with E-state index in [9.17, 15) is 0 Å². The molecule has 0 aliphatic carbocycles. The maximum absolute atomic E-state index is 3.61. The lowest BCUT2D eigenvalue weighted by Crippen LogP contribution is -2.35. The van der Waals surface area contributed by atoms with Gasteiger partial charge in [0.1, 0.15) is 0 Å². The second kappa shape index (κ2) is 9.90. The van der Waals surface area contributed by atoms with E-state index in [-0.39, 0.29) is 0 Å². The summed E-state index contributed by atoms with van der Waals surface area (Å²) < 4.78 is 0. The SMILES string of the molecule is CC(C)CCC(C)NCCN(C)CCC(C)C. The first-order valence-electron chi connectivity index (χ1n) is 7.33. The molecule has 0 rings (SSSR count). The molecule has 0 fully saturated rings. The summed E-state index contributed by atoms with van der Waals surface area (Å²) in [6.07, 6.45) is 3.93. The van der Waals surface area contributed by atoms with Crippen molar-refractivity contribution in [3.8, 4) is 0 Å². The van der Waals surface area contributed by atoms with E-state index in [1.807, 2.05) is 0 Å². The highest BCUT2D eigenvalue weighted by atomic mass is 15.1. The van der Waals surface area contributed by atoms with Crippen LogP contribution < -0.4 is 5.32 Å². The molecule has 0 saturated carbocycles. The highest BCUT2D eigenvalue weighted by Gasteiger charge is 2.04. The van der Waals surface area contributed by atoms with E-state index in [2.05, 4.69) is 51.9 Å². The van der Waals surface area contributed by atoms with Gasteiger partial charge in [-0.3, -0.25) is 0 Å². The van der Waals surface area contributed by atoms with Crippen molar-refractivity contribution >= 4 is 0 Å². The predicted octanol–water partition coefficient (Wildman–Crippen LogP) is 3.38. The van der Waals surface area contributed by atoms with Gasteiger partial charge in [-0.2, -0.15) is 0 Å². The van der Waals surface area contributed by atoms with Crippen LogP contribution in [0.3, 0.4) is 0 Å². The number of nitrogens with zero attached hydrogens (tertiary/aromatic N) is 1. The van der Waals surface area contributed by atoms with E-state index < -0.39 is 0 Å². The van der Waals surface area contributed by atoms with Crippen LogP contribution in [-0.4, -0.2) is 37.6 Å². The van der Waals surface area contributed by atoms with E-state index in [0.29, 0.717) is 6.04 Å². The molecule has 0 heterocycles. The summed E-state index contributed by atoms with van der Waals surface area (Å²) in [7, 11) is 2.23. The van der Waals surface area contributed by atoms with Crippen molar-refractivity contribution in [2.45, 2.75) is 59.9 Å². The normalized spacial score (nSPS) is 13.9. The fraction of sp³-hybridized carbons (Fsp3) is 1.00. The van der Waals surface area contributed by atoms with Gasteiger partial charge in [0.05, 0.1) is 0 Å². The molecular formula is C15H34N2. The van der Waals surface area contributed by atoms with Crippen molar-refractivity contribution in [2.24, 2.45) is 11.8 Å². The van der Waals surface area contributed by atoms with Crippen LogP contribution in [0.4, 0.5) is 0 Å². The Hall–Kier alpha value is -0.0800. The molecular weight excluding hydrogens is 208 g/mol. The van der Waals surface area contributed by atoms with Crippen LogP contribution >= 0.6 is 0 Å². The topological polar surface area (TPSA) is 15.3 Å². The zero-order valence-corrected chi connectivity index (χ0v) is 12.9. The lowest BCUT2D eigenvalue weighted by Gasteiger charge is -2.20. The molecule has 17 heavy (non-hydrogen) atoms. The molecule has 104 valence electrons. The summed E-state index contributed by atoms with van der Waals surface area (Å²) in [6, 6.07) is 0.663. The maximum atomic E-state index is 3.61. The molecule has 0 saturated heterocycles. The summed E-state index contributed by atoms with van der Waals surface area (Å²) in [6.45, 7) is 15.0. The van der Waals surface area contributed by atoms with Crippen LogP contribution in [0, 0.1) is 11.8 Å². The molecule has 0 radical (unpaired) electrons. The summed E-state index contributed by atoms with van der Waals surface area (Å²) >= 11 is 0. The molecule has 2 heteroatoms. The first kappa shape index (κ1) is 16.9. The molecule has 0 aliphatic heterocycles. The standard InChI is InChI=1S/C15H34N2/c1-13(2)7-8-15(5)16-10-12-17(6)11-9-14(3)4/h13-16H,7-12H2,1-6H3. The molecule has 1 unspecified atom stereocenters. The third kappa shape index (κ3) is 12.2. The van der Waals surface area contributed by atoms with Crippen LogP contribution in [0.5, 0.6) is 0 Å².